The third-order valence-electron chi connectivity index (χ3n) is 2.71. The van der Waals surface area contributed by atoms with Crippen LogP contribution in [0.4, 0.5) is 4.79 Å². The van der Waals surface area contributed by atoms with Gasteiger partial charge in [-0.05, 0) is 39.8 Å². The summed E-state index contributed by atoms with van der Waals surface area (Å²) >= 11 is 0. The highest BCUT2D eigenvalue weighted by Gasteiger charge is 2.18. The van der Waals surface area contributed by atoms with Crippen LogP contribution in [0.15, 0.2) is 18.2 Å². The van der Waals surface area contributed by atoms with Gasteiger partial charge in [0, 0.05) is 18.3 Å². The first kappa shape index (κ1) is 15.4. The lowest BCUT2D eigenvalue weighted by atomic mass is 10.3. The molecule has 2 N–H and O–H groups in total. The topological polar surface area (TPSA) is 65.5 Å². The van der Waals surface area contributed by atoms with Crippen LogP contribution in [0.5, 0.6) is 0 Å². The van der Waals surface area contributed by atoms with Gasteiger partial charge in [0.15, 0.2) is 0 Å². The maximum Gasteiger partial charge on any atom is 0.318 e. The molecule has 19 heavy (non-hydrogen) atoms. The van der Waals surface area contributed by atoms with Crippen molar-refractivity contribution in [2.45, 2.75) is 46.4 Å². The monoisotopic (exact) mass is 265 g/mol. The lowest BCUT2D eigenvalue weighted by Crippen LogP contribution is -2.46. The Labute approximate surface area is 114 Å². The fourth-order valence-electron chi connectivity index (χ4n) is 1.78. The molecular formula is C14H23N3O2. The van der Waals surface area contributed by atoms with Crippen molar-refractivity contribution >= 4 is 6.03 Å². The van der Waals surface area contributed by atoms with Crippen LogP contribution in [0.25, 0.3) is 0 Å². The third kappa shape index (κ3) is 5.26. The van der Waals surface area contributed by atoms with E-state index in [-0.39, 0.29) is 12.1 Å². The van der Waals surface area contributed by atoms with Crippen LogP contribution in [-0.2, 0) is 6.54 Å². The van der Waals surface area contributed by atoms with Crippen molar-refractivity contribution in [2.75, 3.05) is 6.54 Å². The molecule has 1 atom stereocenters. The van der Waals surface area contributed by atoms with Gasteiger partial charge in [-0.15, -0.1) is 0 Å². The highest BCUT2D eigenvalue weighted by atomic mass is 16.3. The van der Waals surface area contributed by atoms with Crippen LogP contribution in [0.2, 0.25) is 0 Å². The van der Waals surface area contributed by atoms with E-state index in [0.717, 1.165) is 11.4 Å². The van der Waals surface area contributed by atoms with E-state index in [1.54, 1.807) is 11.8 Å². The smallest absolute Gasteiger partial charge is 0.318 e. The molecule has 0 spiro atoms. The summed E-state index contributed by atoms with van der Waals surface area (Å²) in [7, 11) is 0. The zero-order chi connectivity index (χ0) is 14.4. The molecule has 1 aromatic rings. The van der Waals surface area contributed by atoms with Gasteiger partial charge in [-0.2, -0.15) is 0 Å². The number of aryl methyl sites for hydroxylation is 1. The second kappa shape index (κ2) is 7.09. The highest BCUT2D eigenvalue weighted by Crippen LogP contribution is 2.02. The van der Waals surface area contributed by atoms with E-state index in [1.807, 2.05) is 39.0 Å². The molecule has 0 aromatic carbocycles. The summed E-state index contributed by atoms with van der Waals surface area (Å²) < 4.78 is 0. The van der Waals surface area contributed by atoms with Gasteiger partial charge in [0.2, 0.25) is 0 Å². The van der Waals surface area contributed by atoms with Gasteiger partial charge in [-0.3, -0.25) is 4.98 Å². The molecule has 1 aromatic heterocycles. The summed E-state index contributed by atoms with van der Waals surface area (Å²) in [6.07, 6.45) is -0.537. The molecule has 2 amide bonds. The molecule has 1 rings (SSSR count). The van der Waals surface area contributed by atoms with Crippen LogP contribution in [0.1, 0.15) is 32.2 Å². The Morgan fingerprint density at radius 1 is 1.42 bits per heavy atom. The van der Waals surface area contributed by atoms with Gasteiger partial charge in [0.05, 0.1) is 18.3 Å². The van der Waals surface area contributed by atoms with Crippen molar-refractivity contribution in [1.29, 1.82) is 0 Å². The summed E-state index contributed by atoms with van der Waals surface area (Å²) in [6, 6.07) is 5.57. The second-order valence-corrected chi connectivity index (χ2v) is 5.02. The average Bonchev–Trinajstić information content (AvgIpc) is 2.32. The van der Waals surface area contributed by atoms with Gasteiger partial charge in [0.25, 0.3) is 0 Å². The molecule has 0 fully saturated rings. The summed E-state index contributed by atoms with van der Waals surface area (Å²) in [5, 5.41) is 12.2. The van der Waals surface area contributed by atoms with E-state index in [0.29, 0.717) is 13.1 Å². The number of aliphatic hydroxyl groups is 1. The fraction of sp³-hybridized carbons (Fsp3) is 0.571. The molecule has 1 heterocycles. The molecule has 5 heteroatoms. The zero-order valence-corrected chi connectivity index (χ0v) is 12.1. The first-order valence-corrected chi connectivity index (χ1v) is 6.55. The number of nitrogens with one attached hydrogen (secondary N) is 1. The number of nitrogens with zero attached hydrogens (tertiary/aromatic N) is 2. The Bertz CT molecular complexity index is 419. The number of rotatable bonds is 5. The van der Waals surface area contributed by atoms with Crippen molar-refractivity contribution in [3.63, 3.8) is 0 Å². The Kier molecular flexibility index (Phi) is 5.76. The molecule has 1 unspecified atom stereocenters. The van der Waals surface area contributed by atoms with Crippen molar-refractivity contribution in [1.82, 2.24) is 15.2 Å². The summed E-state index contributed by atoms with van der Waals surface area (Å²) in [6.45, 7) is 8.15. The van der Waals surface area contributed by atoms with Gasteiger partial charge in [-0.1, -0.05) is 6.07 Å². The Morgan fingerprint density at radius 3 is 2.63 bits per heavy atom. The molecular weight excluding hydrogens is 242 g/mol. The number of aliphatic hydroxyl groups excluding tert-OH is 1. The highest BCUT2D eigenvalue weighted by molar-refractivity contribution is 5.74. The molecule has 0 saturated heterocycles. The van der Waals surface area contributed by atoms with Crippen LogP contribution in [0.3, 0.4) is 0 Å². The summed E-state index contributed by atoms with van der Waals surface area (Å²) in [5.74, 6) is 0. The van der Waals surface area contributed by atoms with Crippen molar-refractivity contribution in [2.24, 2.45) is 0 Å². The van der Waals surface area contributed by atoms with Crippen LogP contribution in [0, 0.1) is 6.92 Å². The van der Waals surface area contributed by atoms with E-state index in [1.165, 1.54) is 0 Å². The normalized spacial score (nSPS) is 12.3. The van der Waals surface area contributed by atoms with Crippen LogP contribution in [-0.4, -0.2) is 39.7 Å². The number of hydrogen-bond donors (Lipinski definition) is 2. The number of carbonyl (C=O) groups excluding carboxylic acids is 1. The van der Waals surface area contributed by atoms with E-state index in [4.69, 9.17) is 0 Å². The molecule has 106 valence electrons. The minimum atomic E-state index is -0.537. The Hall–Kier alpha value is -1.62. The number of aromatic nitrogens is 1. The van der Waals surface area contributed by atoms with E-state index in [2.05, 4.69) is 10.3 Å². The largest absolute Gasteiger partial charge is 0.392 e. The Morgan fingerprint density at radius 2 is 2.11 bits per heavy atom. The maximum absolute atomic E-state index is 12.1. The van der Waals surface area contributed by atoms with Crippen LogP contribution < -0.4 is 5.32 Å². The molecule has 0 aliphatic rings. The molecule has 0 aliphatic carbocycles. The van der Waals surface area contributed by atoms with Crippen molar-refractivity contribution in [3.8, 4) is 0 Å². The molecule has 0 saturated carbocycles. The lowest BCUT2D eigenvalue weighted by Gasteiger charge is -2.28. The first-order valence-electron chi connectivity index (χ1n) is 6.55. The molecule has 0 bridgehead atoms. The Balaban J connectivity index is 2.57. The first-order chi connectivity index (χ1) is 8.90. The number of pyridine rings is 1. The van der Waals surface area contributed by atoms with E-state index < -0.39 is 6.10 Å². The van der Waals surface area contributed by atoms with Crippen LogP contribution >= 0.6 is 0 Å². The second-order valence-electron chi connectivity index (χ2n) is 5.02. The minimum absolute atomic E-state index is 0.0417. The van der Waals surface area contributed by atoms with Crippen molar-refractivity contribution < 1.29 is 9.90 Å². The zero-order valence-electron chi connectivity index (χ0n) is 12.1. The lowest BCUT2D eigenvalue weighted by molar-refractivity contribution is 0.118. The van der Waals surface area contributed by atoms with Crippen molar-refractivity contribution in [3.05, 3.63) is 29.6 Å². The van der Waals surface area contributed by atoms with Gasteiger partial charge >= 0.3 is 6.03 Å². The van der Waals surface area contributed by atoms with E-state index >= 15 is 0 Å². The predicted molar refractivity (Wildman–Crippen MR) is 74.7 cm³/mol. The minimum Gasteiger partial charge on any atom is -0.392 e. The van der Waals surface area contributed by atoms with E-state index in [9.17, 15) is 9.90 Å². The molecule has 5 nitrogen and oxygen atoms in total. The average molecular weight is 265 g/mol. The predicted octanol–water partition coefficient (Wildman–Crippen LogP) is 1.69. The standard InChI is InChI=1S/C14H23N3O2/c1-10(2)17(9-12(4)18)14(19)15-8-13-7-5-6-11(3)16-13/h5-7,10,12,18H,8-9H2,1-4H3,(H,15,19). The molecule has 0 aliphatic heterocycles. The number of amides is 2. The number of urea groups is 1. The summed E-state index contributed by atoms with van der Waals surface area (Å²) in [4.78, 5) is 18.0. The quantitative estimate of drug-likeness (QED) is 0.851. The molecule has 0 radical (unpaired) electrons. The van der Waals surface area contributed by atoms with Gasteiger partial charge < -0.3 is 15.3 Å². The summed E-state index contributed by atoms with van der Waals surface area (Å²) in [5.41, 5.74) is 1.76. The number of carbonyl (C=O) groups is 1. The SMILES string of the molecule is Cc1cccc(CNC(=O)N(CC(C)O)C(C)C)n1. The maximum atomic E-state index is 12.1. The van der Waals surface area contributed by atoms with Gasteiger partial charge in [-0.25, -0.2) is 4.79 Å². The third-order valence-corrected chi connectivity index (χ3v) is 2.71. The van der Waals surface area contributed by atoms with Gasteiger partial charge in [0.1, 0.15) is 0 Å². The number of hydrogen-bond acceptors (Lipinski definition) is 3. The fourth-order valence-corrected chi connectivity index (χ4v) is 1.78.